The van der Waals surface area contributed by atoms with Crippen LogP contribution in [0.2, 0.25) is 0 Å². The van der Waals surface area contributed by atoms with E-state index in [4.69, 9.17) is 11.6 Å². The minimum absolute atomic E-state index is 0.0140. The van der Waals surface area contributed by atoms with Gasteiger partial charge in [0.15, 0.2) is 0 Å². The van der Waals surface area contributed by atoms with Gasteiger partial charge in [-0.25, -0.2) is 8.42 Å². The van der Waals surface area contributed by atoms with Crippen molar-refractivity contribution in [3.8, 4) is 0 Å². The number of rotatable bonds is 7. The molecule has 0 aromatic carbocycles. The molecule has 1 rings (SSSR count). The maximum Gasteiger partial charge on any atom is 0.244 e. The van der Waals surface area contributed by atoms with E-state index >= 15 is 0 Å². The van der Waals surface area contributed by atoms with Gasteiger partial charge in [-0.3, -0.25) is 0 Å². The summed E-state index contributed by atoms with van der Waals surface area (Å²) < 4.78 is 26.8. The van der Waals surface area contributed by atoms with Crippen molar-refractivity contribution in [3.05, 3.63) is 15.8 Å². The molecule has 0 amide bonds. The van der Waals surface area contributed by atoms with Gasteiger partial charge in [-0.2, -0.15) is 16.1 Å². The number of thiophene rings is 1. The largest absolute Gasteiger partial charge is 0.244 e. The summed E-state index contributed by atoms with van der Waals surface area (Å²) in [6, 6.07) is -0.0140. The number of hydrogen-bond acceptors (Lipinski definition) is 4. The lowest BCUT2D eigenvalue weighted by Gasteiger charge is -2.24. The Labute approximate surface area is 129 Å². The molecule has 0 bridgehead atoms. The average molecular weight is 342 g/mol. The second-order valence-electron chi connectivity index (χ2n) is 4.46. The molecule has 0 radical (unpaired) electrons. The second-order valence-corrected chi connectivity index (χ2v) is 8.61. The SMILES string of the molecule is CSCCC(C)N(C)S(=O)(=O)c1c(C)csc1CCl. The average Bonchev–Trinajstić information content (AvgIpc) is 2.76. The molecule has 0 saturated heterocycles. The number of alkyl halides is 1. The van der Waals surface area contributed by atoms with Crippen LogP contribution < -0.4 is 0 Å². The molecule has 0 aliphatic carbocycles. The van der Waals surface area contributed by atoms with Crippen LogP contribution in [0.25, 0.3) is 0 Å². The molecule has 0 N–H and O–H groups in total. The van der Waals surface area contributed by atoms with E-state index in [1.165, 1.54) is 15.6 Å². The first kappa shape index (κ1) is 17.3. The fourth-order valence-corrected chi connectivity index (χ4v) is 5.75. The highest BCUT2D eigenvalue weighted by Crippen LogP contribution is 2.31. The van der Waals surface area contributed by atoms with Crippen LogP contribution in [0.4, 0.5) is 0 Å². The molecule has 19 heavy (non-hydrogen) atoms. The summed E-state index contributed by atoms with van der Waals surface area (Å²) in [4.78, 5) is 1.12. The Balaban J connectivity index is 3.06. The van der Waals surface area contributed by atoms with Gasteiger partial charge in [0, 0.05) is 18.0 Å². The van der Waals surface area contributed by atoms with Gasteiger partial charge in [0.2, 0.25) is 10.0 Å². The Morgan fingerprint density at radius 3 is 2.68 bits per heavy atom. The van der Waals surface area contributed by atoms with Crippen molar-refractivity contribution < 1.29 is 8.42 Å². The third kappa shape index (κ3) is 3.88. The van der Waals surface area contributed by atoms with E-state index in [1.54, 1.807) is 18.8 Å². The molecule has 3 nitrogen and oxygen atoms in total. The normalized spacial score (nSPS) is 14.0. The van der Waals surface area contributed by atoms with Gasteiger partial charge in [-0.15, -0.1) is 22.9 Å². The number of halogens is 1. The van der Waals surface area contributed by atoms with Crippen molar-refractivity contribution in [2.24, 2.45) is 0 Å². The third-order valence-corrected chi connectivity index (χ3v) is 7.61. The Kier molecular flexibility index (Phi) is 6.66. The summed E-state index contributed by atoms with van der Waals surface area (Å²) in [7, 11) is -1.80. The van der Waals surface area contributed by atoms with Crippen LogP contribution in [0.15, 0.2) is 10.3 Å². The van der Waals surface area contributed by atoms with Gasteiger partial charge in [0.1, 0.15) is 4.90 Å². The molecule has 1 aromatic heterocycles. The standard InChI is InChI=1S/C12H20ClNO2S3/c1-9-8-18-11(7-13)12(9)19(15,16)14(3)10(2)5-6-17-4/h8,10H,5-7H2,1-4H3. The smallest absolute Gasteiger partial charge is 0.207 e. The number of sulfonamides is 1. The van der Waals surface area contributed by atoms with E-state index in [1.807, 2.05) is 25.5 Å². The Hall–Kier alpha value is 0.250. The lowest BCUT2D eigenvalue weighted by molar-refractivity contribution is 0.382. The van der Waals surface area contributed by atoms with Crippen LogP contribution in [-0.2, 0) is 15.9 Å². The molecule has 1 heterocycles. The highest BCUT2D eigenvalue weighted by molar-refractivity contribution is 7.98. The Morgan fingerprint density at radius 2 is 2.16 bits per heavy atom. The van der Waals surface area contributed by atoms with Crippen molar-refractivity contribution in [2.75, 3.05) is 19.1 Å². The number of nitrogens with zero attached hydrogens (tertiary/aromatic N) is 1. The molecule has 7 heteroatoms. The fraction of sp³-hybridized carbons (Fsp3) is 0.667. The summed E-state index contributed by atoms with van der Waals surface area (Å²) in [6.07, 6.45) is 2.87. The number of aryl methyl sites for hydroxylation is 1. The monoisotopic (exact) mass is 341 g/mol. The van der Waals surface area contributed by atoms with E-state index in [9.17, 15) is 8.42 Å². The van der Waals surface area contributed by atoms with Gasteiger partial charge in [0.25, 0.3) is 0 Å². The van der Waals surface area contributed by atoms with Crippen LogP contribution in [-0.4, -0.2) is 37.8 Å². The lowest BCUT2D eigenvalue weighted by Crippen LogP contribution is -2.36. The van der Waals surface area contributed by atoms with E-state index in [0.717, 1.165) is 22.6 Å². The Bertz CT molecular complexity index is 513. The minimum atomic E-state index is -3.45. The minimum Gasteiger partial charge on any atom is -0.207 e. The van der Waals surface area contributed by atoms with Crippen LogP contribution in [0.3, 0.4) is 0 Å². The van der Waals surface area contributed by atoms with Gasteiger partial charge >= 0.3 is 0 Å². The van der Waals surface area contributed by atoms with Crippen LogP contribution >= 0.6 is 34.7 Å². The molecular weight excluding hydrogens is 322 g/mol. The maximum absolute atomic E-state index is 12.7. The molecular formula is C12H20ClNO2S3. The van der Waals surface area contributed by atoms with Crippen LogP contribution in [0, 0.1) is 6.92 Å². The predicted molar refractivity (Wildman–Crippen MR) is 86.0 cm³/mol. The van der Waals surface area contributed by atoms with Gasteiger partial charge in [0.05, 0.1) is 5.88 Å². The highest BCUT2D eigenvalue weighted by Gasteiger charge is 2.29. The molecule has 1 aromatic rings. The zero-order chi connectivity index (χ0) is 14.6. The summed E-state index contributed by atoms with van der Waals surface area (Å²) in [5.41, 5.74) is 0.782. The zero-order valence-electron chi connectivity index (χ0n) is 11.6. The highest BCUT2D eigenvalue weighted by atomic mass is 35.5. The molecule has 0 aliphatic heterocycles. The molecule has 1 atom stereocenters. The summed E-state index contributed by atoms with van der Waals surface area (Å²) in [5, 5.41) is 1.85. The van der Waals surface area contributed by atoms with Gasteiger partial charge < -0.3 is 0 Å². The van der Waals surface area contributed by atoms with E-state index in [0.29, 0.717) is 4.90 Å². The first-order chi connectivity index (χ1) is 8.86. The van der Waals surface area contributed by atoms with Crippen LogP contribution in [0.5, 0.6) is 0 Å². The van der Waals surface area contributed by atoms with Crippen molar-refractivity contribution >= 4 is 44.7 Å². The molecule has 1 unspecified atom stereocenters. The van der Waals surface area contributed by atoms with E-state index in [2.05, 4.69) is 0 Å². The van der Waals surface area contributed by atoms with Crippen molar-refractivity contribution in [3.63, 3.8) is 0 Å². The number of hydrogen-bond donors (Lipinski definition) is 0. The molecule has 0 spiro atoms. The van der Waals surface area contributed by atoms with Crippen molar-refractivity contribution in [1.82, 2.24) is 4.31 Å². The lowest BCUT2D eigenvalue weighted by atomic mass is 10.3. The summed E-state index contributed by atoms with van der Waals surface area (Å²) in [5.74, 6) is 1.19. The van der Waals surface area contributed by atoms with Crippen LogP contribution in [0.1, 0.15) is 23.8 Å². The first-order valence-corrected chi connectivity index (χ1v) is 10.2. The quantitative estimate of drug-likeness (QED) is 0.712. The first-order valence-electron chi connectivity index (χ1n) is 5.96. The van der Waals surface area contributed by atoms with E-state index < -0.39 is 10.0 Å². The second kappa shape index (κ2) is 7.31. The topological polar surface area (TPSA) is 37.4 Å². The van der Waals surface area contributed by atoms with Gasteiger partial charge in [-0.1, -0.05) is 0 Å². The maximum atomic E-state index is 12.7. The van der Waals surface area contributed by atoms with Gasteiger partial charge in [-0.05, 0) is 43.2 Å². The molecule has 0 aliphatic rings. The van der Waals surface area contributed by atoms with Crippen molar-refractivity contribution in [2.45, 2.75) is 37.1 Å². The number of thioether (sulfide) groups is 1. The van der Waals surface area contributed by atoms with Crippen molar-refractivity contribution in [1.29, 1.82) is 0 Å². The molecule has 110 valence electrons. The summed E-state index contributed by atoms with van der Waals surface area (Å²) >= 11 is 8.98. The summed E-state index contributed by atoms with van der Waals surface area (Å²) in [6.45, 7) is 3.76. The fourth-order valence-electron chi connectivity index (χ4n) is 1.78. The Morgan fingerprint density at radius 1 is 1.53 bits per heavy atom. The molecule has 0 fully saturated rings. The predicted octanol–water partition coefficient (Wildman–Crippen LogP) is 3.56. The molecule has 0 saturated carbocycles. The van der Waals surface area contributed by atoms with E-state index in [-0.39, 0.29) is 11.9 Å². The zero-order valence-corrected chi connectivity index (χ0v) is 14.8. The third-order valence-electron chi connectivity index (χ3n) is 3.11.